The van der Waals surface area contributed by atoms with Crippen molar-refractivity contribution in [2.24, 2.45) is 5.92 Å². The molecule has 2 aliphatic heterocycles. The number of hydrogen-bond acceptors (Lipinski definition) is 2. The molecule has 4 nitrogen and oxygen atoms in total. The number of imidazole rings is 1. The fourth-order valence-electron chi connectivity index (χ4n) is 6.70. The molecule has 3 atom stereocenters. The van der Waals surface area contributed by atoms with Crippen LogP contribution in [0, 0.1) is 12.8 Å². The van der Waals surface area contributed by atoms with E-state index in [1.807, 2.05) is 6.07 Å². The van der Waals surface area contributed by atoms with Gasteiger partial charge in [-0.15, -0.1) is 0 Å². The Bertz CT molecular complexity index is 1530. The second-order valence-electron chi connectivity index (χ2n) is 10.1. The lowest BCUT2D eigenvalue weighted by atomic mass is 9.65. The van der Waals surface area contributed by atoms with E-state index in [1.165, 1.54) is 0 Å². The van der Waals surface area contributed by atoms with Gasteiger partial charge in [0.1, 0.15) is 24.0 Å². The summed E-state index contributed by atoms with van der Waals surface area (Å²) in [7, 11) is 0. The molecule has 3 unspecified atom stereocenters. The van der Waals surface area contributed by atoms with Crippen LogP contribution in [0.3, 0.4) is 0 Å². The van der Waals surface area contributed by atoms with Crippen LogP contribution < -0.4 is 4.40 Å². The number of hydrogen-bond donors (Lipinski definition) is 0. The molecule has 0 amide bonds. The Morgan fingerprint density at radius 1 is 1.06 bits per heavy atom. The van der Waals surface area contributed by atoms with Gasteiger partial charge in [-0.3, -0.25) is 0 Å². The highest BCUT2D eigenvalue weighted by atomic mass is 19.4. The number of alkyl halides is 3. The van der Waals surface area contributed by atoms with Gasteiger partial charge in [0.15, 0.2) is 0 Å². The minimum absolute atomic E-state index is 0.336. The molecule has 0 bridgehead atoms. The average molecular weight is 496 g/mol. The maximum Gasteiger partial charge on any atom is 0.448 e. The third-order valence-electron chi connectivity index (χ3n) is 8.44. The van der Waals surface area contributed by atoms with Crippen molar-refractivity contribution in [3.05, 3.63) is 71.8 Å². The topological polar surface area (TPSA) is 27.5 Å². The summed E-state index contributed by atoms with van der Waals surface area (Å²) in [4.78, 5) is 0. The summed E-state index contributed by atoms with van der Waals surface area (Å²) < 4.78 is 57.6. The molecule has 2 aromatic heterocycles. The van der Waals surface area contributed by atoms with Gasteiger partial charge in [-0.1, -0.05) is 50.2 Å². The van der Waals surface area contributed by atoms with Crippen LogP contribution in [0.5, 0.6) is 0 Å². The summed E-state index contributed by atoms with van der Waals surface area (Å²) in [6.45, 7) is 8.45. The van der Waals surface area contributed by atoms with Crippen molar-refractivity contribution < 1.29 is 27.0 Å². The van der Waals surface area contributed by atoms with Crippen LogP contribution in [0.25, 0.3) is 27.3 Å². The first kappa shape index (κ1) is 23.3. The molecule has 6 rings (SSSR count). The van der Waals surface area contributed by atoms with Gasteiger partial charge in [0.05, 0.1) is 17.4 Å². The number of halogens is 3. The number of aromatic nitrogens is 2. The fourth-order valence-corrected chi connectivity index (χ4v) is 6.70. The highest BCUT2D eigenvalue weighted by Crippen LogP contribution is 2.50. The molecule has 0 saturated heterocycles. The molecule has 2 aliphatic rings. The number of para-hydroxylation sites is 1. The van der Waals surface area contributed by atoms with Crippen LogP contribution in [0.15, 0.2) is 60.5 Å². The van der Waals surface area contributed by atoms with Gasteiger partial charge in [-0.05, 0) is 37.5 Å². The number of ether oxygens (including phenoxy) is 2. The Balaban J connectivity index is 1.67. The lowest BCUT2D eigenvalue weighted by Gasteiger charge is -2.44. The molecule has 2 aromatic carbocycles. The molecule has 0 fully saturated rings. The Morgan fingerprint density at radius 2 is 1.78 bits per heavy atom. The van der Waals surface area contributed by atoms with E-state index in [2.05, 4.69) is 72.3 Å². The standard InChI is InChI=1S/C29H30F3N2O2/c1-5-28(6-2)21-12-9-11-20-19-10-7-8-13-23(19)34-15-17(3)33(26(34)25(20)21)16-22(28)27-35-18(4)14-24(36-27)29(30,31)32/h7-15,18,22,27H,5-6,16H2,1-4H3/q+1. The van der Waals surface area contributed by atoms with Crippen LogP contribution in [0.2, 0.25) is 0 Å². The van der Waals surface area contributed by atoms with Crippen molar-refractivity contribution in [3.8, 4) is 0 Å². The molecule has 36 heavy (non-hydrogen) atoms. The Morgan fingerprint density at radius 3 is 2.50 bits per heavy atom. The molecule has 0 N–H and O–H groups in total. The molecular weight excluding hydrogens is 465 g/mol. The number of benzene rings is 2. The van der Waals surface area contributed by atoms with Gasteiger partial charge < -0.3 is 9.47 Å². The van der Waals surface area contributed by atoms with Crippen LogP contribution in [-0.4, -0.2) is 23.1 Å². The summed E-state index contributed by atoms with van der Waals surface area (Å²) in [6, 6.07) is 14.7. The minimum Gasteiger partial charge on any atom is -0.459 e. The largest absolute Gasteiger partial charge is 0.459 e. The lowest BCUT2D eigenvalue weighted by molar-refractivity contribution is -0.479. The smallest absolute Gasteiger partial charge is 0.448 e. The lowest BCUT2D eigenvalue weighted by Crippen LogP contribution is -2.48. The van der Waals surface area contributed by atoms with E-state index in [0.29, 0.717) is 6.54 Å². The zero-order chi connectivity index (χ0) is 25.4. The number of rotatable bonds is 3. The normalized spacial score (nSPS) is 23.8. The van der Waals surface area contributed by atoms with Gasteiger partial charge in [-0.2, -0.15) is 17.6 Å². The van der Waals surface area contributed by atoms with Crippen molar-refractivity contribution in [3.63, 3.8) is 0 Å². The van der Waals surface area contributed by atoms with Crippen molar-refractivity contribution in [1.29, 1.82) is 0 Å². The van der Waals surface area contributed by atoms with E-state index in [-0.39, 0.29) is 5.92 Å². The first-order valence-corrected chi connectivity index (χ1v) is 12.7. The third-order valence-corrected chi connectivity index (χ3v) is 8.44. The molecule has 0 radical (unpaired) electrons. The Kier molecular flexibility index (Phi) is 5.17. The average Bonchev–Trinajstić information content (AvgIpc) is 3.12. The molecule has 0 saturated carbocycles. The fraction of sp³-hybridized carbons (Fsp3) is 0.414. The molecule has 188 valence electrons. The molecule has 0 spiro atoms. The summed E-state index contributed by atoms with van der Waals surface area (Å²) in [6.07, 6.45) is -1.63. The second kappa shape index (κ2) is 7.97. The second-order valence-corrected chi connectivity index (χ2v) is 10.1. The van der Waals surface area contributed by atoms with Crippen LogP contribution >= 0.6 is 0 Å². The summed E-state index contributed by atoms with van der Waals surface area (Å²) >= 11 is 0. The van der Waals surface area contributed by atoms with E-state index in [1.54, 1.807) is 6.92 Å². The number of nitrogens with zero attached hydrogens (tertiary/aromatic N) is 2. The van der Waals surface area contributed by atoms with E-state index in [9.17, 15) is 13.2 Å². The number of aryl methyl sites for hydroxylation is 1. The molecular formula is C29H30F3N2O2+. The van der Waals surface area contributed by atoms with Gasteiger partial charge in [0.25, 0.3) is 5.65 Å². The molecule has 0 aliphatic carbocycles. The maximum atomic E-state index is 13.8. The highest BCUT2D eigenvalue weighted by molar-refractivity contribution is 6.10. The van der Waals surface area contributed by atoms with Crippen molar-refractivity contribution in [2.75, 3.05) is 0 Å². The van der Waals surface area contributed by atoms with Crippen molar-refractivity contribution >= 4 is 27.3 Å². The third kappa shape index (κ3) is 3.14. The van der Waals surface area contributed by atoms with Crippen molar-refractivity contribution in [1.82, 2.24) is 4.57 Å². The Hall–Kier alpha value is -3.06. The number of pyridine rings is 1. The van der Waals surface area contributed by atoms with Gasteiger partial charge in [-0.25, -0.2) is 4.57 Å². The van der Waals surface area contributed by atoms with Gasteiger partial charge in [0.2, 0.25) is 12.0 Å². The monoisotopic (exact) mass is 495 g/mol. The van der Waals surface area contributed by atoms with Crippen LogP contribution in [0.1, 0.15) is 44.9 Å². The molecule has 7 heteroatoms. The first-order valence-electron chi connectivity index (χ1n) is 12.7. The SMILES string of the molecule is CCC1(CC)c2cccc3c4ccccc4[n+]4cc(C)n(c4c23)CC1C1OC(C(F)(F)F)=CC(C)O1. The molecule has 4 aromatic rings. The van der Waals surface area contributed by atoms with Gasteiger partial charge in [0, 0.05) is 23.1 Å². The van der Waals surface area contributed by atoms with E-state index in [0.717, 1.165) is 57.5 Å². The molecule has 4 heterocycles. The first-order chi connectivity index (χ1) is 17.2. The summed E-state index contributed by atoms with van der Waals surface area (Å²) in [5.41, 5.74) is 3.93. The zero-order valence-corrected chi connectivity index (χ0v) is 20.9. The Labute approximate surface area is 207 Å². The summed E-state index contributed by atoms with van der Waals surface area (Å²) in [5.74, 6) is -1.29. The quantitative estimate of drug-likeness (QED) is 0.233. The number of allylic oxidation sites excluding steroid dienone is 1. The van der Waals surface area contributed by atoms with Crippen LogP contribution in [-0.2, 0) is 21.4 Å². The predicted molar refractivity (Wildman–Crippen MR) is 133 cm³/mol. The van der Waals surface area contributed by atoms with Crippen molar-refractivity contribution in [2.45, 2.75) is 71.1 Å². The number of fused-ring (bicyclic) bond motifs is 3. The summed E-state index contributed by atoms with van der Waals surface area (Å²) in [5, 5.41) is 3.47. The zero-order valence-electron chi connectivity index (χ0n) is 20.9. The van der Waals surface area contributed by atoms with E-state index in [4.69, 9.17) is 9.47 Å². The highest BCUT2D eigenvalue weighted by Gasteiger charge is 2.52. The minimum atomic E-state index is -4.56. The van der Waals surface area contributed by atoms with E-state index >= 15 is 0 Å². The van der Waals surface area contributed by atoms with Crippen LogP contribution in [0.4, 0.5) is 13.2 Å². The maximum absolute atomic E-state index is 13.8. The predicted octanol–water partition coefficient (Wildman–Crippen LogP) is 6.74. The van der Waals surface area contributed by atoms with Gasteiger partial charge >= 0.3 is 6.18 Å². The van der Waals surface area contributed by atoms with E-state index < -0.39 is 29.7 Å².